The van der Waals surface area contributed by atoms with Crippen LogP contribution in [0.1, 0.15) is 16.7 Å². The van der Waals surface area contributed by atoms with Crippen LogP contribution in [0.15, 0.2) is 53.5 Å². The van der Waals surface area contributed by atoms with E-state index < -0.39 is 0 Å². The van der Waals surface area contributed by atoms with E-state index in [9.17, 15) is 4.39 Å². The van der Waals surface area contributed by atoms with Gasteiger partial charge in [0.05, 0.1) is 6.61 Å². The van der Waals surface area contributed by atoms with E-state index in [4.69, 9.17) is 4.74 Å². The van der Waals surface area contributed by atoms with E-state index in [1.807, 2.05) is 30.1 Å². The molecule has 136 valence electrons. The number of benzene rings is 2. The van der Waals surface area contributed by atoms with Crippen LogP contribution in [0.25, 0.3) is 0 Å². The van der Waals surface area contributed by atoms with Crippen LogP contribution in [0.5, 0.6) is 0 Å². The highest BCUT2D eigenvalue weighted by Gasteiger charge is 2.07. The number of hydrogen-bond acceptors (Lipinski definition) is 2. The third-order valence-electron chi connectivity index (χ3n) is 3.64. The Hall–Kier alpha value is -1.67. The molecule has 0 aliphatic rings. The second-order valence-corrected chi connectivity index (χ2v) is 5.64. The quantitative estimate of drug-likeness (QED) is 0.408. The number of ether oxygens (including phenoxy) is 1. The first-order chi connectivity index (χ1) is 11.6. The van der Waals surface area contributed by atoms with Crippen molar-refractivity contribution in [3.05, 3.63) is 71.0 Å². The van der Waals surface area contributed by atoms with Gasteiger partial charge in [0.1, 0.15) is 5.82 Å². The predicted octanol–water partition coefficient (Wildman–Crippen LogP) is 3.80. The van der Waals surface area contributed by atoms with Gasteiger partial charge in [-0.3, -0.25) is 4.99 Å². The van der Waals surface area contributed by atoms with Crippen LogP contribution >= 0.6 is 24.0 Å². The second kappa shape index (κ2) is 11.0. The Kier molecular flexibility index (Phi) is 9.44. The third-order valence-corrected chi connectivity index (χ3v) is 3.64. The van der Waals surface area contributed by atoms with Gasteiger partial charge < -0.3 is 15.0 Å². The lowest BCUT2D eigenvalue weighted by Crippen LogP contribution is -2.38. The molecule has 0 aliphatic carbocycles. The van der Waals surface area contributed by atoms with E-state index >= 15 is 0 Å². The number of halogens is 2. The molecule has 0 saturated heterocycles. The lowest BCUT2D eigenvalue weighted by Gasteiger charge is -2.22. The van der Waals surface area contributed by atoms with Gasteiger partial charge in [0.25, 0.3) is 0 Å². The molecule has 0 amide bonds. The Labute approximate surface area is 166 Å². The molecule has 0 atom stereocenters. The first-order valence-corrected chi connectivity index (χ1v) is 7.85. The molecule has 4 nitrogen and oxygen atoms in total. The van der Waals surface area contributed by atoms with E-state index in [2.05, 4.69) is 22.4 Å². The highest BCUT2D eigenvalue weighted by molar-refractivity contribution is 14.0. The molecule has 0 spiro atoms. The van der Waals surface area contributed by atoms with Crippen LogP contribution in [0, 0.1) is 5.82 Å². The van der Waals surface area contributed by atoms with Crippen molar-refractivity contribution in [1.29, 1.82) is 0 Å². The minimum Gasteiger partial charge on any atom is -0.380 e. The molecule has 0 radical (unpaired) electrons. The van der Waals surface area contributed by atoms with Crippen LogP contribution in [-0.2, 0) is 24.4 Å². The second-order valence-electron chi connectivity index (χ2n) is 5.64. The minimum atomic E-state index is -0.223. The maximum absolute atomic E-state index is 13.3. The van der Waals surface area contributed by atoms with Crippen LogP contribution < -0.4 is 5.32 Å². The number of hydrogen-bond donors (Lipinski definition) is 1. The predicted molar refractivity (Wildman–Crippen MR) is 111 cm³/mol. The van der Waals surface area contributed by atoms with Crippen molar-refractivity contribution in [1.82, 2.24) is 10.2 Å². The molecule has 0 fully saturated rings. The molecular formula is C19H25FIN3O. The van der Waals surface area contributed by atoms with Crippen molar-refractivity contribution in [2.45, 2.75) is 19.7 Å². The molecule has 2 aromatic carbocycles. The average Bonchev–Trinajstić information content (AvgIpc) is 2.56. The van der Waals surface area contributed by atoms with E-state index in [-0.39, 0.29) is 29.8 Å². The van der Waals surface area contributed by atoms with Crippen LogP contribution in [0.2, 0.25) is 0 Å². The van der Waals surface area contributed by atoms with Gasteiger partial charge in [-0.05, 0) is 28.8 Å². The Balaban J connectivity index is 0.00000312. The molecular weight excluding hydrogens is 432 g/mol. The molecule has 1 N–H and O–H groups in total. The zero-order valence-corrected chi connectivity index (χ0v) is 17.2. The molecule has 0 bridgehead atoms. The highest BCUT2D eigenvalue weighted by atomic mass is 127. The summed E-state index contributed by atoms with van der Waals surface area (Å²) in [6.07, 6.45) is 0. The number of rotatable bonds is 6. The molecule has 0 unspecified atom stereocenters. The summed E-state index contributed by atoms with van der Waals surface area (Å²) in [5, 5.41) is 3.33. The topological polar surface area (TPSA) is 36.9 Å². The molecule has 0 saturated carbocycles. The number of methoxy groups -OCH3 is 1. The van der Waals surface area contributed by atoms with Gasteiger partial charge >= 0.3 is 0 Å². The van der Waals surface area contributed by atoms with E-state index in [1.54, 1.807) is 20.2 Å². The summed E-state index contributed by atoms with van der Waals surface area (Å²) in [7, 11) is 5.36. The number of nitrogens with zero attached hydrogens (tertiary/aromatic N) is 2. The maximum Gasteiger partial charge on any atom is 0.193 e. The van der Waals surface area contributed by atoms with Gasteiger partial charge in [-0.1, -0.05) is 36.4 Å². The SMILES string of the molecule is CN=C(NCc1cccc(COC)c1)N(C)Cc1cccc(F)c1.I. The Morgan fingerprint density at radius 1 is 1.12 bits per heavy atom. The van der Waals surface area contributed by atoms with Gasteiger partial charge in [0.2, 0.25) is 0 Å². The van der Waals surface area contributed by atoms with Crippen molar-refractivity contribution in [2.24, 2.45) is 4.99 Å². The lowest BCUT2D eigenvalue weighted by atomic mass is 10.1. The standard InChI is InChI=1S/C19H24FN3O.HI/c1-21-19(23(2)13-16-7-5-9-18(20)11-16)22-12-15-6-4-8-17(10-15)14-24-3;/h4-11H,12-14H2,1-3H3,(H,21,22);1H. The number of aliphatic imine (C=N–C) groups is 1. The Morgan fingerprint density at radius 2 is 1.80 bits per heavy atom. The van der Waals surface area contributed by atoms with E-state index in [0.29, 0.717) is 19.7 Å². The van der Waals surface area contributed by atoms with Crippen LogP contribution in [0.4, 0.5) is 4.39 Å². The van der Waals surface area contributed by atoms with Gasteiger partial charge in [-0.15, -0.1) is 24.0 Å². The van der Waals surface area contributed by atoms with Crippen molar-refractivity contribution < 1.29 is 9.13 Å². The van der Waals surface area contributed by atoms with Crippen molar-refractivity contribution in [3.8, 4) is 0 Å². The fourth-order valence-corrected chi connectivity index (χ4v) is 2.55. The summed E-state index contributed by atoms with van der Waals surface area (Å²) in [5.41, 5.74) is 3.20. The van der Waals surface area contributed by atoms with Gasteiger partial charge in [0, 0.05) is 34.3 Å². The zero-order valence-electron chi connectivity index (χ0n) is 14.8. The first-order valence-electron chi connectivity index (χ1n) is 7.85. The van der Waals surface area contributed by atoms with Gasteiger partial charge in [-0.2, -0.15) is 0 Å². The Morgan fingerprint density at radius 3 is 2.48 bits per heavy atom. The summed E-state index contributed by atoms with van der Waals surface area (Å²) < 4.78 is 18.5. The number of guanidine groups is 1. The third kappa shape index (κ3) is 6.99. The lowest BCUT2D eigenvalue weighted by molar-refractivity contribution is 0.185. The molecule has 25 heavy (non-hydrogen) atoms. The molecule has 2 aromatic rings. The van der Waals surface area contributed by atoms with Crippen LogP contribution in [-0.4, -0.2) is 32.1 Å². The largest absolute Gasteiger partial charge is 0.380 e. The van der Waals surface area contributed by atoms with E-state index in [1.165, 1.54) is 12.1 Å². The fraction of sp³-hybridized carbons (Fsp3) is 0.316. The average molecular weight is 457 g/mol. The minimum absolute atomic E-state index is 0. The number of nitrogens with one attached hydrogen (secondary N) is 1. The highest BCUT2D eigenvalue weighted by Crippen LogP contribution is 2.08. The van der Waals surface area contributed by atoms with E-state index in [0.717, 1.165) is 22.6 Å². The summed E-state index contributed by atoms with van der Waals surface area (Å²) in [6.45, 7) is 1.85. The summed E-state index contributed by atoms with van der Waals surface area (Å²) in [6, 6.07) is 14.8. The molecule has 0 aliphatic heterocycles. The normalized spacial score (nSPS) is 11.0. The van der Waals surface area contributed by atoms with Crippen molar-refractivity contribution in [3.63, 3.8) is 0 Å². The summed E-state index contributed by atoms with van der Waals surface area (Å²) >= 11 is 0. The van der Waals surface area contributed by atoms with Gasteiger partial charge in [-0.25, -0.2) is 4.39 Å². The molecule has 2 rings (SSSR count). The zero-order chi connectivity index (χ0) is 17.4. The molecule has 0 heterocycles. The van der Waals surface area contributed by atoms with Crippen LogP contribution in [0.3, 0.4) is 0 Å². The molecule has 0 aromatic heterocycles. The summed E-state index contributed by atoms with van der Waals surface area (Å²) in [5.74, 6) is 0.537. The Bertz CT molecular complexity index is 694. The maximum atomic E-state index is 13.3. The van der Waals surface area contributed by atoms with Crippen molar-refractivity contribution >= 4 is 29.9 Å². The molecule has 6 heteroatoms. The monoisotopic (exact) mass is 457 g/mol. The van der Waals surface area contributed by atoms with Gasteiger partial charge in [0.15, 0.2) is 5.96 Å². The first kappa shape index (κ1) is 21.4. The smallest absolute Gasteiger partial charge is 0.193 e. The van der Waals surface area contributed by atoms with Crippen molar-refractivity contribution in [2.75, 3.05) is 21.2 Å². The summed E-state index contributed by atoms with van der Waals surface area (Å²) in [4.78, 5) is 6.26. The fourth-order valence-electron chi connectivity index (χ4n) is 2.55.